The quantitative estimate of drug-likeness (QED) is 0.633. The Morgan fingerprint density at radius 2 is 2.19 bits per heavy atom. The van der Waals surface area contributed by atoms with Crippen LogP contribution in [0.3, 0.4) is 0 Å². The molecule has 0 saturated heterocycles. The first-order valence-electron chi connectivity index (χ1n) is 8.12. The third-order valence-electron chi connectivity index (χ3n) is 3.90. The minimum Gasteiger partial charge on any atom is -0.462 e. The zero-order valence-corrected chi connectivity index (χ0v) is 16.1. The second kappa shape index (κ2) is 7.47. The second-order valence-corrected chi connectivity index (χ2v) is 7.24. The highest BCUT2D eigenvalue weighted by atomic mass is 35.5. The number of ether oxygens (including phenoxy) is 1. The van der Waals surface area contributed by atoms with Gasteiger partial charge in [-0.15, -0.1) is 0 Å². The Labute approximate surface area is 159 Å². The standard InChI is InChI=1S/C18H18ClN3O3S/c1-4-25-17(24)15-10(3)21-18(26-15)20-9(2)13-8-11-7-12(19)5-6-14(11)22-16(13)23/h5-9H,4H2,1-3H3,(H,20,21)(H,22,23)/t9-/m0/s1. The van der Waals surface area contributed by atoms with Crippen LogP contribution in [0.25, 0.3) is 10.9 Å². The van der Waals surface area contributed by atoms with Gasteiger partial charge >= 0.3 is 5.97 Å². The van der Waals surface area contributed by atoms with Gasteiger partial charge in [0.2, 0.25) is 0 Å². The average molecular weight is 392 g/mol. The monoisotopic (exact) mass is 391 g/mol. The maximum Gasteiger partial charge on any atom is 0.350 e. The van der Waals surface area contributed by atoms with Gasteiger partial charge in [0.25, 0.3) is 5.56 Å². The molecule has 1 aromatic carbocycles. The number of aromatic nitrogens is 2. The molecule has 3 rings (SSSR count). The highest BCUT2D eigenvalue weighted by Gasteiger charge is 2.18. The highest BCUT2D eigenvalue weighted by molar-refractivity contribution is 7.17. The van der Waals surface area contributed by atoms with Crippen molar-refractivity contribution in [1.29, 1.82) is 0 Å². The number of aryl methyl sites for hydroxylation is 1. The topological polar surface area (TPSA) is 84.1 Å². The summed E-state index contributed by atoms with van der Waals surface area (Å²) in [5, 5.41) is 5.19. The molecule has 0 aliphatic carbocycles. The van der Waals surface area contributed by atoms with Gasteiger partial charge in [-0.3, -0.25) is 4.79 Å². The predicted octanol–water partition coefficient (Wildman–Crippen LogP) is 4.30. The van der Waals surface area contributed by atoms with Gasteiger partial charge in [0.15, 0.2) is 5.13 Å². The molecule has 136 valence electrons. The molecule has 0 amide bonds. The molecular weight excluding hydrogens is 374 g/mol. The lowest BCUT2D eigenvalue weighted by Gasteiger charge is -2.13. The fourth-order valence-corrected chi connectivity index (χ4v) is 3.75. The van der Waals surface area contributed by atoms with Crippen LogP contribution in [0.15, 0.2) is 29.1 Å². The molecule has 2 heterocycles. The van der Waals surface area contributed by atoms with Crippen LogP contribution in [0.2, 0.25) is 5.02 Å². The number of carbonyl (C=O) groups excluding carboxylic acids is 1. The van der Waals surface area contributed by atoms with Crippen molar-refractivity contribution in [2.24, 2.45) is 0 Å². The predicted molar refractivity (Wildman–Crippen MR) is 104 cm³/mol. The van der Waals surface area contributed by atoms with E-state index >= 15 is 0 Å². The van der Waals surface area contributed by atoms with E-state index in [-0.39, 0.29) is 17.6 Å². The smallest absolute Gasteiger partial charge is 0.350 e. The first kappa shape index (κ1) is 18.4. The SMILES string of the molecule is CCOC(=O)c1sc(N[C@@H](C)c2cc3cc(Cl)ccc3[nH]c2=O)nc1C. The number of aromatic amines is 1. The summed E-state index contributed by atoms with van der Waals surface area (Å²) in [6, 6.07) is 6.82. The molecule has 1 atom stereocenters. The summed E-state index contributed by atoms with van der Waals surface area (Å²) >= 11 is 7.25. The lowest BCUT2D eigenvalue weighted by Crippen LogP contribution is -2.19. The summed E-state index contributed by atoms with van der Waals surface area (Å²) < 4.78 is 5.03. The number of thiazole rings is 1. The molecule has 8 heteroatoms. The first-order valence-corrected chi connectivity index (χ1v) is 9.32. The van der Waals surface area contributed by atoms with E-state index in [0.717, 1.165) is 10.9 Å². The fourth-order valence-electron chi connectivity index (χ4n) is 2.62. The molecule has 2 aromatic heterocycles. The molecular formula is C18H18ClN3O3S. The molecule has 3 aromatic rings. The number of carbonyl (C=O) groups is 1. The zero-order valence-electron chi connectivity index (χ0n) is 14.6. The molecule has 2 N–H and O–H groups in total. The summed E-state index contributed by atoms with van der Waals surface area (Å²) in [5.74, 6) is -0.388. The molecule has 0 spiro atoms. The third-order valence-corrected chi connectivity index (χ3v) is 5.20. The largest absolute Gasteiger partial charge is 0.462 e. The summed E-state index contributed by atoms with van der Waals surface area (Å²) in [5.41, 5.74) is 1.71. The van der Waals surface area contributed by atoms with Crippen molar-refractivity contribution in [3.05, 3.63) is 55.8 Å². The van der Waals surface area contributed by atoms with Crippen molar-refractivity contribution in [2.45, 2.75) is 26.8 Å². The Morgan fingerprint density at radius 1 is 1.42 bits per heavy atom. The summed E-state index contributed by atoms with van der Waals surface area (Å²) in [4.78, 5) is 32.0. The molecule has 0 aliphatic rings. The van der Waals surface area contributed by atoms with E-state index in [4.69, 9.17) is 16.3 Å². The third kappa shape index (κ3) is 3.73. The van der Waals surface area contributed by atoms with Gasteiger partial charge in [-0.05, 0) is 45.0 Å². The van der Waals surface area contributed by atoms with Gasteiger partial charge in [-0.2, -0.15) is 0 Å². The average Bonchev–Trinajstić information content (AvgIpc) is 2.95. The Morgan fingerprint density at radius 3 is 2.92 bits per heavy atom. The molecule has 0 saturated carbocycles. The minimum atomic E-state index is -0.388. The number of benzene rings is 1. The number of esters is 1. The van der Waals surface area contributed by atoms with Crippen molar-refractivity contribution in [2.75, 3.05) is 11.9 Å². The van der Waals surface area contributed by atoms with Crippen LogP contribution >= 0.6 is 22.9 Å². The van der Waals surface area contributed by atoms with Crippen LogP contribution in [0.1, 0.15) is 40.8 Å². The molecule has 6 nitrogen and oxygen atoms in total. The maximum atomic E-state index is 12.4. The van der Waals surface area contributed by atoms with Crippen LogP contribution < -0.4 is 10.9 Å². The number of anilines is 1. The van der Waals surface area contributed by atoms with Crippen LogP contribution in [0.5, 0.6) is 0 Å². The van der Waals surface area contributed by atoms with Gasteiger partial charge in [-0.25, -0.2) is 9.78 Å². The lowest BCUT2D eigenvalue weighted by atomic mass is 10.1. The van der Waals surface area contributed by atoms with Crippen molar-refractivity contribution in [3.63, 3.8) is 0 Å². The number of rotatable bonds is 5. The maximum absolute atomic E-state index is 12.4. The zero-order chi connectivity index (χ0) is 18.8. The van der Waals surface area contributed by atoms with Crippen molar-refractivity contribution < 1.29 is 9.53 Å². The van der Waals surface area contributed by atoms with E-state index in [0.29, 0.717) is 32.9 Å². The van der Waals surface area contributed by atoms with Crippen LogP contribution in [-0.2, 0) is 4.74 Å². The van der Waals surface area contributed by atoms with Gasteiger partial charge in [-0.1, -0.05) is 22.9 Å². The van der Waals surface area contributed by atoms with E-state index in [9.17, 15) is 9.59 Å². The number of nitrogens with zero attached hydrogens (tertiary/aromatic N) is 1. The molecule has 0 unspecified atom stereocenters. The van der Waals surface area contributed by atoms with Crippen LogP contribution in [0, 0.1) is 6.92 Å². The lowest BCUT2D eigenvalue weighted by molar-refractivity contribution is 0.0531. The van der Waals surface area contributed by atoms with Gasteiger partial charge in [0, 0.05) is 21.5 Å². The minimum absolute atomic E-state index is 0.182. The molecule has 26 heavy (non-hydrogen) atoms. The normalized spacial score (nSPS) is 12.2. The Kier molecular flexibility index (Phi) is 5.29. The number of halogens is 1. The van der Waals surface area contributed by atoms with E-state index in [1.165, 1.54) is 11.3 Å². The Hall–Kier alpha value is -2.38. The Bertz CT molecular complexity index is 1030. The second-order valence-electron chi connectivity index (χ2n) is 5.81. The molecule has 0 radical (unpaired) electrons. The van der Waals surface area contributed by atoms with Crippen molar-refractivity contribution in [1.82, 2.24) is 9.97 Å². The Balaban J connectivity index is 1.88. The summed E-state index contributed by atoms with van der Waals surface area (Å²) in [7, 11) is 0. The number of fused-ring (bicyclic) bond motifs is 1. The number of hydrogen-bond acceptors (Lipinski definition) is 6. The molecule has 0 aliphatic heterocycles. The first-order chi connectivity index (χ1) is 12.4. The summed E-state index contributed by atoms with van der Waals surface area (Å²) in [6.07, 6.45) is 0. The molecule has 0 bridgehead atoms. The van der Waals surface area contributed by atoms with Crippen molar-refractivity contribution in [3.8, 4) is 0 Å². The van der Waals surface area contributed by atoms with E-state index in [2.05, 4.69) is 15.3 Å². The van der Waals surface area contributed by atoms with Crippen LogP contribution in [-0.4, -0.2) is 22.5 Å². The van der Waals surface area contributed by atoms with E-state index in [1.807, 2.05) is 13.0 Å². The number of hydrogen-bond donors (Lipinski definition) is 2. The molecule has 0 fully saturated rings. The van der Waals surface area contributed by atoms with Gasteiger partial charge in [0.1, 0.15) is 4.88 Å². The van der Waals surface area contributed by atoms with E-state index < -0.39 is 0 Å². The van der Waals surface area contributed by atoms with Crippen LogP contribution in [0.4, 0.5) is 5.13 Å². The fraction of sp³-hybridized carbons (Fsp3) is 0.278. The number of H-pyrrole nitrogens is 1. The number of pyridine rings is 1. The van der Waals surface area contributed by atoms with E-state index in [1.54, 1.807) is 32.0 Å². The number of nitrogens with one attached hydrogen (secondary N) is 2. The summed E-state index contributed by atoms with van der Waals surface area (Å²) in [6.45, 7) is 5.68. The van der Waals surface area contributed by atoms with Gasteiger partial charge < -0.3 is 15.0 Å². The van der Waals surface area contributed by atoms with Gasteiger partial charge in [0.05, 0.1) is 18.3 Å². The van der Waals surface area contributed by atoms with Crippen molar-refractivity contribution >= 4 is 44.9 Å². The highest BCUT2D eigenvalue weighted by Crippen LogP contribution is 2.27.